The molecule has 0 bridgehead atoms. The van der Waals surface area contributed by atoms with Gasteiger partial charge in [0.25, 0.3) is 0 Å². The van der Waals surface area contributed by atoms with Crippen molar-refractivity contribution in [1.29, 1.82) is 0 Å². The molecule has 4 nitrogen and oxygen atoms in total. The number of benzene rings is 1. The smallest absolute Gasteiger partial charge is 0.416 e. The third-order valence-corrected chi connectivity index (χ3v) is 3.33. The van der Waals surface area contributed by atoms with Crippen molar-refractivity contribution in [2.45, 2.75) is 12.7 Å². The van der Waals surface area contributed by atoms with E-state index in [1.54, 1.807) is 0 Å². The number of hydrogen-bond acceptors (Lipinski definition) is 4. The van der Waals surface area contributed by atoms with Gasteiger partial charge in [-0.15, -0.1) is 0 Å². The van der Waals surface area contributed by atoms with Gasteiger partial charge in [0.2, 0.25) is 5.89 Å². The number of halogens is 3. The van der Waals surface area contributed by atoms with Crippen LogP contribution in [0.15, 0.2) is 22.6 Å². The van der Waals surface area contributed by atoms with Crippen molar-refractivity contribution < 1.29 is 17.6 Å². The largest absolute Gasteiger partial charge is 0.439 e. The Labute approximate surface area is 113 Å². The summed E-state index contributed by atoms with van der Waals surface area (Å²) in [5, 5.41) is 3.23. The summed E-state index contributed by atoms with van der Waals surface area (Å²) in [7, 11) is 0. The number of rotatable bonds is 2. The van der Waals surface area contributed by atoms with Gasteiger partial charge in [0.1, 0.15) is 5.52 Å². The van der Waals surface area contributed by atoms with E-state index in [-0.39, 0.29) is 5.52 Å². The SMILES string of the molecule is FC(F)(F)c1ccc2oc(CN3CCNCC3)nc2c1. The van der Waals surface area contributed by atoms with E-state index in [1.165, 1.54) is 6.07 Å². The molecule has 1 aliphatic heterocycles. The fourth-order valence-corrected chi connectivity index (χ4v) is 2.28. The predicted molar refractivity (Wildman–Crippen MR) is 67.2 cm³/mol. The van der Waals surface area contributed by atoms with Crippen LogP contribution in [0.1, 0.15) is 11.5 Å². The van der Waals surface area contributed by atoms with Gasteiger partial charge >= 0.3 is 6.18 Å². The zero-order chi connectivity index (χ0) is 14.2. The Balaban J connectivity index is 1.83. The Kier molecular flexibility index (Phi) is 3.39. The third-order valence-electron chi connectivity index (χ3n) is 3.33. The summed E-state index contributed by atoms with van der Waals surface area (Å²) in [5.41, 5.74) is -0.0554. The fourth-order valence-electron chi connectivity index (χ4n) is 2.28. The first-order valence-electron chi connectivity index (χ1n) is 6.42. The molecular formula is C13H14F3N3O. The van der Waals surface area contributed by atoms with Crippen molar-refractivity contribution in [3.05, 3.63) is 29.7 Å². The van der Waals surface area contributed by atoms with E-state index in [2.05, 4.69) is 15.2 Å². The molecule has 0 spiro atoms. The van der Waals surface area contributed by atoms with Crippen molar-refractivity contribution in [3.8, 4) is 0 Å². The highest BCUT2D eigenvalue weighted by atomic mass is 19.4. The molecule has 0 saturated carbocycles. The molecule has 3 rings (SSSR count). The Morgan fingerprint density at radius 3 is 2.70 bits per heavy atom. The number of alkyl halides is 3. The van der Waals surface area contributed by atoms with Gasteiger partial charge in [-0.3, -0.25) is 4.90 Å². The van der Waals surface area contributed by atoms with Crippen molar-refractivity contribution >= 4 is 11.1 Å². The lowest BCUT2D eigenvalue weighted by Gasteiger charge is -2.25. The second kappa shape index (κ2) is 5.06. The quantitative estimate of drug-likeness (QED) is 0.919. The Bertz CT molecular complexity index is 602. The molecule has 108 valence electrons. The topological polar surface area (TPSA) is 41.3 Å². The summed E-state index contributed by atoms with van der Waals surface area (Å²) >= 11 is 0. The van der Waals surface area contributed by atoms with Crippen LogP contribution < -0.4 is 5.32 Å². The van der Waals surface area contributed by atoms with E-state index in [1.807, 2.05) is 0 Å². The minimum Gasteiger partial charge on any atom is -0.439 e. The Hall–Kier alpha value is -1.60. The monoisotopic (exact) mass is 285 g/mol. The second-order valence-electron chi connectivity index (χ2n) is 4.81. The molecule has 2 heterocycles. The standard InChI is InChI=1S/C13H14F3N3O/c14-13(15,16)9-1-2-11-10(7-9)18-12(20-11)8-19-5-3-17-4-6-19/h1-2,7,17H,3-6,8H2. The molecule has 1 N–H and O–H groups in total. The number of nitrogens with one attached hydrogen (secondary N) is 1. The molecule has 1 aromatic carbocycles. The number of nitrogens with zero attached hydrogens (tertiary/aromatic N) is 2. The number of aromatic nitrogens is 1. The van der Waals surface area contributed by atoms with Crippen LogP contribution in [0.2, 0.25) is 0 Å². The van der Waals surface area contributed by atoms with Crippen LogP contribution in [-0.2, 0) is 12.7 Å². The highest BCUT2D eigenvalue weighted by Crippen LogP contribution is 2.31. The van der Waals surface area contributed by atoms with Crippen molar-refractivity contribution in [1.82, 2.24) is 15.2 Å². The zero-order valence-corrected chi connectivity index (χ0v) is 10.7. The van der Waals surface area contributed by atoms with Gasteiger partial charge in [-0.1, -0.05) is 0 Å². The maximum atomic E-state index is 12.6. The first kappa shape index (κ1) is 13.4. The molecule has 1 aromatic heterocycles. The maximum absolute atomic E-state index is 12.6. The fraction of sp³-hybridized carbons (Fsp3) is 0.462. The molecule has 2 aromatic rings. The summed E-state index contributed by atoms with van der Waals surface area (Å²) in [4.78, 5) is 6.31. The normalized spacial score (nSPS) is 17.8. The van der Waals surface area contributed by atoms with Gasteiger partial charge in [-0.05, 0) is 18.2 Å². The zero-order valence-electron chi connectivity index (χ0n) is 10.7. The summed E-state index contributed by atoms with van der Waals surface area (Å²) < 4.78 is 43.4. The first-order chi connectivity index (χ1) is 9.52. The van der Waals surface area contributed by atoms with E-state index >= 15 is 0 Å². The highest BCUT2D eigenvalue weighted by molar-refractivity contribution is 5.73. The summed E-state index contributed by atoms with van der Waals surface area (Å²) in [6, 6.07) is 3.37. The van der Waals surface area contributed by atoms with Gasteiger partial charge < -0.3 is 9.73 Å². The third kappa shape index (κ3) is 2.78. The van der Waals surface area contributed by atoms with Crippen molar-refractivity contribution in [2.75, 3.05) is 26.2 Å². The van der Waals surface area contributed by atoms with Gasteiger partial charge in [0.05, 0.1) is 12.1 Å². The van der Waals surface area contributed by atoms with Crippen LogP contribution in [0.3, 0.4) is 0 Å². The molecule has 0 atom stereocenters. The van der Waals surface area contributed by atoms with Crippen LogP contribution >= 0.6 is 0 Å². The molecule has 0 amide bonds. The van der Waals surface area contributed by atoms with Crippen molar-refractivity contribution in [3.63, 3.8) is 0 Å². The first-order valence-corrected chi connectivity index (χ1v) is 6.42. The Morgan fingerprint density at radius 2 is 2.00 bits per heavy atom. The number of hydrogen-bond donors (Lipinski definition) is 1. The number of piperazine rings is 1. The van der Waals surface area contributed by atoms with E-state index in [0.717, 1.165) is 38.3 Å². The van der Waals surface area contributed by atoms with Crippen LogP contribution in [0, 0.1) is 0 Å². The lowest BCUT2D eigenvalue weighted by Crippen LogP contribution is -2.42. The predicted octanol–water partition coefficient (Wildman–Crippen LogP) is 2.25. The minimum absolute atomic E-state index is 0.255. The van der Waals surface area contributed by atoms with Crippen LogP contribution in [-0.4, -0.2) is 36.1 Å². The van der Waals surface area contributed by atoms with Crippen LogP contribution in [0.4, 0.5) is 13.2 Å². The van der Waals surface area contributed by atoms with Crippen LogP contribution in [0.25, 0.3) is 11.1 Å². The lowest BCUT2D eigenvalue weighted by molar-refractivity contribution is -0.137. The second-order valence-corrected chi connectivity index (χ2v) is 4.81. The molecule has 1 saturated heterocycles. The van der Waals surface area contributed by atoms with E-state index in [0.29, 0.717) is 18.0 Å². The van der Waals surface area contributed by atoms with Gasteiger partial charge in [-0.2, -0.15) is 13.2 Å². The molecule has 1 fully saturated rings. The Morgan fingerprint density at radius 1 is 1.25 bits per heavy atom. The summed E-state index contributed by atoms with van der Waals surface area (Å²) in [5.74, 6) is 0.459. The van der Waals surface area contributed by atoms with Gasteiger partial charge in [0.15, 0.2) is 5.58 Å². The average Bonchev–Trinajstić information content (AvgIpc) is 2.80. The van der Waals surface area contributed by atoms with Gasteiger partial charge in [-0.25, -0.2) is 4.98 Å². The van der Waals surface area contributed by atoms with Crippen molar-refractivity contribution in [2.24, 2.45) is 0 Å². The summed E-state index contributed by atoms with van der Waals surface area (Å²) in [6.45, 7) is 4.09. The summed E-state index contributed by atoms with van der Waals surface area (Å²) in [6.07, 6.45) is -4.36. The molecular weight excluding hydrogens is 271 g/mol. The molecule has 0 aliphatic carbocycles. The minimum atomic E-state index is -4.36. The van der Waals surface area contributed by atoms with E-state index < -0.39 is 11.7 Å². The molecule has 0 radical (unpaired) electrons. The molecule has 0 unspecified atom stereocenters. The van der Waals surface area contributed by atoms with Crippen LogP contribution in [0.5, 0.6) is 0 Å². The average molecular weight is 285 g/mol. The lowest BCUT2D eigenvalue weighted by atomic mass is 10.2. The number of fused-ring (bicyclic) bond motifs is 1. The molecule has 1 aliphatic rings. The van der Waals surface area contributed by atoms with E-state index in [9.17, 15) is 13.2 Å². The van der Waals surface area contributed by atoms with E-state index in [4.69, 9.17) is 4.42 Å². The van der Waals surface area contributed by atoms with Gasteiger partial charge in [0, 0.05) is 26.2 Å². The number of oxazole rings is 1. The highest BCUT2D eigenvalue weighted by Gasteiger charge is 2.31. The molecule has 7 heteroatoms. The maximum Gasteiger partial charge on any atom is 0.416 e. The molecule has 20 heavy (non-hydrogen) atoms.